The Bertz CT molecular complexity index is 243. The molecule has 0 spiro atoms. The average molecular weight is 278 g/mol. The number of aldehydes is 1. The summed E-state index contributed by atoms with van der Waals surface area (Å²) in [7, 11) is -4.64. The summed E-state index contributed by atoms with van der Waals surface area (Å²) in [5, 5.41) is 43.5. The average Bonchev–Trinajstić information content (AvgIpc) is 2.22. The quantitative estimate of drug-likeness (QED) is 0.180. The third kappa shape index (κ3) is 11.8. The molecule has 0 unspecified atom stereocenters. The van der Waals surface area contributed by atoms with Gasteiger partial charge in [-0.1, -0.05) is 0 Å². The lowest BCUT2D eigenvalue weighted by molar-refractivity contribution is -0.136. The fraction of sp³-hybridized carbons (Fsp3) is 0.833. The van der Waals surface area contributed by atoms with E-state index in [1.807, 2.05) is 0 Å². The molecule has 11 heteroatoms. The lowest BCUT2D eigenvalue weighted by Gasteiger charge is -2.22. The first-order valence-corrected chi connectivity index (χ1v) is 5.67. The molecule has 0 aromatic heterocycles. The van der Waals surface area contributed by atoms with Crippen molar-refractivity contribution in [1.29, 1.82) is 0 Å². The van der Waals surface area contributed by atoms with E-state index >= 15 is 0 Å². The maximum Gasteiger partial charge on any atom is 0.466 e. The number of aliphatic hydroxyl groups is 5. The van der Waals surface area contributed by atoms with Crippen LogP contribution in [0.25, 0.3) is 0 Å². The number of rotatable bonds is 5. The van der Waals surface area contributed by atoms with Crippen LogP contribution in [0.4, 0.5) is 0 Å². The largest absolute Gasteiger partial charge is 0.466 e. The van der Waals surface area contributed by atoms with Gasteiger partial charge in [-0.05, 0) is 0 Å². The highest BCUT2D eigenvalue weighted by Gasteiger charge is 2.29. The minimum absolute atomic E-state index is 0.0258. The van der Waals surface area contributed by atoms with Crippen LogP contribution in [0.1, 0.15) is 0 Å². The lowest BCUT2D eigenvalue weighted by Crippen LogP contribution is -2.46. The highest BCUT2D eigenvalue weighted by molar-refractivity contribution is 7.45. The second-order valence-electron chi connectivity index (χ2n) is 2.87. The van der Waals surface area contributed by atoms with Gasteiger partial charge >= 0.3 is 7.82 Å². The number of phosphoric acid groups is 1. The molecule has 8 N–H and O–H groups in total. The van der Waals surface area contributed by atoms with Crippen molar-refractivity contribution in [1.82, 2.24) is 0 Å². The standard InChI is InChI=1S/C6H12O6.H3O4P/c7-1-3(9)5(11)6(12)4(10)2-8;1-5(2,3)4/h1,3-6,8-12H,2H2;(H3,1,2,3,4)/t3-,4+,5+,6-;/m0./s1. The van der Waals surface area contributed by atoms with Crippen LogP contribution in [0.5, 0.6) is 0 Å². The molecule has 0 aliphatic rings. The molecule has 0 aromatic rings. The van der Waals surface area contributed by atoms with Gasteiger partial charge in [-0.3, -0.25) is 0 Å². The maximum atomic E-state index is 9.90. The Morgan fingerprint density at radius 2 is 1.35 bits per heavy atom. The fourth-order valence-electron chi connectivity index (χ4n) is 0.618. The predicted octanol–water partition coefficient (Wildman–Crippen LogP) is -4.31. The third-order valence-electron chi connectivity index (χ3n) is 1.42. The highest BCUT2D eigenvalue weighted by Crippen LogP contribution is 2.25. The van der Waals surface area contributed by atoms with E-state index in [4.69, 9.17) is 44.8 Å². The van der Waals surface area contributed by atoms with E-state index in [-0.39, 0.29) is 6.29 Å². The Hall–Kier alpha value is -0.420. The summed E-state index contributed by atoms with van der Waals surface area (Å²) in [4.78, 5) is 31.5. The van der Waals surface area contributed by atoms with E-state index in [2.05, 4.69) is 0 Å². The third-order valence-corrected chi connectivity index (χ3v) is 1.42. The van der Waals surface area contributed by atoms with Gasteiger partial charge in [-0.25, -0.2) is 4.57 Å². The van der Waals surface area contributed by atoms with Gasteiger partial charge in [-0.15, -0.1) is 0 Å². The second-order valence-corrected chi connectivity index (χ2v) is 3.90. The van der Waals surface area contributed by atoms with Gasteiger partial charge in [0.25, 0.3) is 0 Å². The molecule has 0 bridgehead atoms. The Morgan fingerprint density at radius 1 is 1.00 bits per heavy atom. The molecule has 0 heterocycles. The molecular formula is C6H15O10P. The first-order chi connectivity index (χ1) is 7.54. The Labute approximate surface area is 95.6 Å². The monoisotopic (exact) mass is 278 g/mol. The second kappa shape index (κ2) is 8.64. The molecular weight excluding hydrogens is 263 g/mol. The van der Waals surface area contributed by atoms with Crippen LogP contribution in [-0.4, -0.2) is 77.5 Å². The summed E-state index contributed by atoms with van der Waals surface area (Å²) >= 11 is 0. The number of carbonyl (C=O) groups excluding carboxylic acids is 1. The molecule has 0 rings (SSSR count). The fourth-order valence-corrected chi connectivity index (χ4v) is 0.618. The normalized spacial score (nSPS) is 18.4. The van der Waals surface area contributed by atoms with Crippen molar-refractivity contribution in [3.8, 4) is 0 Å². The summed E-state index contributed by atoms with van der Waals surface area (Å²) < 4.78 is 8.88. The minimum Gasteiger partial charge on any atom is -0.394 e. The zero-order valence-electron chi connectivity index (χ0n) is 8.44. The Balaban J connectivity index is 0. The van der Waals surface area contributed by atoms with E-state index in [1.54, 1.807) is 0 Å². The predicted molar refractivity (Wildman–Crippen MR) is 51.4 cm³/mol. The minimum atomic E-state index is -4.64. The molecule has 0 aliphatic heterocycles. The van der Waals surface area contributed by atoms with Gasteiger partial charge in [0.2, 0.25) is 0 Å². The van der Waals surface area contributed by atoms with Crippen LogP contribution >= 0.6 is 7.82 Å². The zero-order chi connectivity index (χ0) is 14.2. The first kappa shape index (κ1) is 18.9. The van der Waals surface area contributed by atoms with Crippen LogP contribution in [0.2, 0.25) is 0 Å². The molecule has 0 radical (unpaired) electrons. The molecule has 0 fully saturated rings. The molecule has 0 saturated heterocycles. The summed E-state index contributed by atoms with van der Waals surface area (Å²) in [5.41, 5.74) is 0. The van der Waals surface area contributed by atoms with E-state index in [1.165, 1.54) is 0 Å². The summed E-state index contributed by atoms with van der Waals surface area (Å²) in [6.45, 7) is -0.760. The van der Waals surface area contributed by atoms with Gasteiger partial charge in [-0.2, -0.15) is 0 Å². The van der Waals surface area contributed by atoms with E-state index in [0.717, 1.165) is 0 Å². The van der Waals surface area contributed by atoms with E-state index < -0.39 is 38.8 Å². The van der Waals surface area contributed by atoms with Crippen molar-refractivity contribution >= 4 is 14.1 Å². The molecule has 4 atom stereocenters. The number of carbonyl (C=O) groups is 1. The molecule has 17 heavy (non-hydrogen) atoms. The SMILES string of the molecule is O=C[C@H](O)[C@@H](O)[C@@H](O)[C@H](O)CO.O=P(O)(O)O. The van der Waals surface area contributed by atoms with Gasteiger partial charge in [0.05, 0.1) is 6.61 Å². The summed E-state index contributed by atoms with van der Waals surface area (Å²) in [6, 6.07) is 0. The number of aliphatic hydroxyl groups excluding tert-OH is 5. The van der Waals surface area contributed by atoms with Crippen LogP contribution in [0.15, 0.2) is 0 Å². The van der Waals surface area contributed by atoms with Crippen molar-refractivity contribution in [2.45, 2.75) is 24.4 Å². The Morgan fingerprint density at radius 3 is 1.59 bits per heavy atom. The summed E-state index contributed by atoms with van der Waals surface area (Å²) in [6.07, 6.45) is -6.84. The van der Waals surface area contributed by atoms with Gasteiger partial charge in [0.15, 0.2) is 6.29 Å². The topological polar surface area (TPSA) is 196 Å². The van der Waals surface area contributed by atoms with Crippen LogP contribution < -0.4 is 0 Å². The smallest absolute Gasteiger partial charge is 0.394 e. The molecule has 10 nitrogen and oxygen atoms in total. The van der Waals surface area contributed by atoms with Crippen molar-refractivity contribution in [2.75, 3.05) is 6.61 Å². The van der Waals surface area contributed by atoms with Crippen LogP contribution in [-0.2, 0) is 9.36 Å². The first-order valence-electron chi connectivity index (χ1n) is 4.11. The van der Waals surface area contributed by atoms with Crippen molar-refractivity contribution in [3.63, 3.8) is 0 Å². The molecule has 0 aromatic carbocycles. The number of hydrogen-bond donors (Lipinski definition) is 8. The molecule has 104 valence electrons. The van der Waals surface area contributed by atoms with E-state index in [9.17, 15) is 4.79 Å². The molecule has 0 amide bonds. The molecule has 0 saturated carbocycles. The maximum absolute atomic E-state index is 9.90. The lowest BCUT2D eigenvalue weighted by atomic mass is 10.0. The van der Waals surface area contributed by atoms with Crippen molar-refractivity contribution in [2.24, 2.45) is 0 Å². The van der Waals surface area contributed by atoms with Crippen molar-refractivity contribution < 1.29 is 49.6 Å². The van der Waals surface area contributed by atoms with Crippen LogP contribution in [0.3, 0.4) is 0 Å². The summed E-state index contributed by atoms with van der Waals surface area (Å²) in [5.74, 6) is 0. The molecule has 0 aliphatic carbocycles. The van der Waals surface area contributed by atoms with Gasteiger partial charge in [0.1, 0.15) is 24.4 Å². The zero-order valence-corrected chi connectivity index (χ0v) is 9.33. The van der Waals surface area contributed by atoms with Crippen molar-refractivity contribution in [3.05, 3.63) is 0 Å². The Kier molecular flexibility index (Phi) is 9.62. The number of hydrogen-bond acceptors (Lipinski definition) is 7. The van der Waals surface area contributed by atoms with Gasteiger partial charge in [0, 0.05) is 0 Å². The van der Waals surface area contributed by atoms with Crippen LogP contribution in [0, 0.1) is 0 Å². The highest BCUT2D eigenvalue weighted by atomic mass is 31.2. The van der Waals surface area contributed by atoms with E-state index in [0.29, 0.717) is 0 Å². The van der Waals surface area contributed by atoms with Gasteiger partial charge < -0.3 is 45.0 Å².